The van der Waals surface area contributed by atoms with Crippen LogP contribution in [-0.4, -0.2) is 40.6 Å². The molecule has 2 aromatic heterocycles. The number of benzene rings is 2. The maximum Gasteiger partial charge on any atom is 0.254 e. The van der Waals surface area contributed by atoms with Gasteiger partial charge in [0.1, 0.15) is 0 Å². The fourth-order valence-corrected chi connectivity index (χ4v) is 4.91. The van der Waals surface area contributed by atoms with Crippen molar-refractivity contribution in [1.29, 1.82) is 0 Å². The Labute approximate surface area is 190 Å². The van der Waals surface area contributed by atoms with Gasteiger partial charge in [-0.15, -0.1) is 11.3 Å². The second-order valence-corrected chi connectivity index (χ2v) is 9.05. The molecule has 0 aliphatic rings. The van der Waals surface area contributed by atoms with Crippen LogP contribution in [0.5, 0.6) is 0 Å². The number of aromatic nitrogens is 2. The Morgan fingerprint density at radius 3 is 2.68 bits per heavy atom. The van der Waals surface area contributed by atoms with E-state index in [1.807, 2.05) is 41.3 Å². The molecule has 160 valence electrons. The third-order valence-electron chi connectivity index (χ3n) is 5.37. The molecule has 0 atom stereocenters. The molecule has 0 aliphatic carbocycles. The van der Waals surface area contributed by atoms with Crippen molar-refractivity contribution in [1.82, 2.24) is 14.5 Å². The Balaban J connectivity index is 1.64. The summed E-state index contributed by atoms with van der Waals surface area (Å²) in [5.74, 6) is -0.0343. The van der Waals surface area contributed by atoms with Gasteiger partial charge in [0.2, 0.25) is 0 Å². The lowest BCUT2D eigenvalue weighted by Crippen LogP contribution is -2.33. The first-order valence-corrected chi connectivity index (χ1v) is 11.2. The number of nitrogens with zero attached hydrogens (tertiary/aromatic N) is 3. The molecule has 4 rings (SSSR count). The number of amides is 1. The molecule has 1 amide bonds. The van der Waals surface area contributed by atoms with E-state index in [2.05, 4.69) is 41.6 Å². The summed E-state index contributed by atoms with van der Waals surface area (Å²) >= 11 is 7.41. The average Bonchev–Trinajstić information content (AvgIpc) is 3.28. The van der Waals surface area contributed by atoms with Crippen molar-refractivity contribution < 1.29 is 9.53 Å². The molecule has 0 saturated carbocycles. The molecule has 2 heterocycles. The summed E-state index contributed by atoms with van der Waals surface area (Å²) in [7, 11) is 1.65. The summed E-state index contributed by atoms with van der Waals surface area (Å²) in [5, 5.41) is 0. The number of ether oxygens (including phenoxy) is 1. The number of halogens is 1. The third-order valence-corrected chi connectivity index (χ3v) is 6.50. The normalized spacial score (nSPS) is 11.2. The van der Waals surface area contributed by atoms with Gasteiger partial charge < -0.3 is 14.2 Å². The van der Waals surface area contributed by atoms with Crippen molar-refractivity contribution in [3.8, 4) is 5.69 Å². The Morgan fingerprint density at radius 2 is 1.94 bits per heavy atom. The predicted molar refractivity (Wildman–Crippen MR) is 126 cm³/mol. The number of carbonyl (C=O) groups is 1. The summed E-state index contributed by atoms with van der Waals surface area (Å²) in [6.07, 6.45) is 0. The van der Waals surface area contributed by atoms with Gasteiger partial charge in [0.05, 0.1) is 16.8 Å². The molecule has 4 aromatic rings. The van der Waals surface area contributed by atoms with Crippen molar-refractivity contribution >= 4 is 39.1 Å². The summed E-state index contributed by atoms with van der Waals surface area (Å²) in [6, 6.07) is 17.9. The van der Waals surface area contributed by atoms with Gasteiger partial charge in [-0.2, -0.15) is 0 Å². The Bertz CT molecular complexity index is 1220. The van der Waals surface area contributed by atoms with Gasteiger partial charge in [0.25, 0.3) is 5.91 Å². The molecule has 0 aliphatic heterocycles. The van der Waals surface area contributed by atoms with E-state index in [4.69, 9.17) is 16.3 Å². The molecule has 2 aromatic carbocycles. The van der Waals surface area contributed by atoms with Crippen LogP contribution < -0.4 is 0 Å². The number of aryl methyl sites for hydroxylation is 1. The summed E-state index contributed by atoms with van der Waals surface area (Å²) in [4.78, 5) is 19.5. The van der Waals surface area contributed by atoms with Gasteiger partial charge in [-0.25, -0.2) is 4.98 Å². The predicted octanol–water partition coefficient (Wildman–Crippen LogP) is 5.65. The minimum absolute atomic E-state index is 0.0343. The number of hydrogen-bond acceptors (Lipinski definition) is 4. The number of thiazole rings is 1. The fourth-order valence-electron chi connectivity index (χ4n) is 3.84. The Hall–Kier alpha value is -2.67. The molecule has 7 heteroatoms. The van der Waals surface area contributed by atoms with Crippen LogP contribution >= 0.6 is 22.9 Å². The first-order chi connectivity index (χ1) is 15.0. The average molecular weight is 454 g/mol. The number of rotatable bonds is 7. The van der Waals surface area contributed by atoms with Crippen LogP contribution in [0, 0.1) is 13.8 Å². The van der Waals surface area contributed by atoms with Crippen LogP contribution in [-0.2, 0) is 11.3 Å². The third kappa shape index (κ3) is 4.51. The van der Waals surface area contributed by atoms with Gasteiger partial charge in [-0.05, 0) is 55.8 Å². The largest absolute Gasteiger partial charge is 0.383 e. The standard InChI is InChI=1S/C24H24ClN3O2S/c1-16-13-19(17(2)28(16)20-7-5-4-6-8-20)15-27(11-12-30-3)23(29)18-9-10-21-22(14-18)31-24(25)26-21/h4-10,13-14H,11-12,15H2,1-3H3. The fraction of sp³-hybridized carbons (Fsp3) is 0.250. The Kier molecular flexibility index (Phi) is 6.41. The number of methoxy groups -OCH3 is 1. The topological polar surface area (TPSA) is 47.4 Å². The van der Waals surface area contributed by atoms with E-state index in [1.54, 1.807) is 7.11 Å². The second kappa shape index (κ2) is 9.22. The van der Waals surface area contributed by atoms with Gasteiger partial charge in [-0.3, -0.25) is 4.79 Å². The van der Waals surface area contributed by atoms with Gasteiger partial charge in [0, 0.05) is 42.8 Å². The number of fused-ring (bicyclic) bond motifs is 1. The summed E-state index contributed by atoms with van der Waals surface area (Å²) < 4.78 is 8.88. The second-order valence-electron chi connectivity index (χ2n) is 7.44. The van der Waals surface area contributed by atoms with E-state index in [0.717, 1.165) is 32.9 Å². The van der Waals surface area contributed by atoms with Crippen LogP contribution in [0.1, 0.15) is 27.3 Å². The van der Waals surface area contributed by atoms with Gasteiger partial charge in [-0.1, -0.05) is 29.8 Å². The molecule has 0 unspecified atom stereocenters. The van der Waals surface area contributed by atoms with Crippen LogP contribution in [0.25, 0.3) is 15.9 Å². The lowest BCUT2D eigenvalue weighted by atomic mass is 10.1. The molecular weight excluding hydrogens is 430 g/mol. The number of para-hydroxylation sites is 1. The quantitative estimate of drug-likeness (QED) is 0.363. The molecule has 0 saturated heterocycles. The van der Waals surface area contributed by atoms with Crippen molar-refractivity contribution in [2.75, 3.05) is 20.3 Å². The number of hydrogen-bond donors (Lipinski definition) is 0. The zero-order chi connectivity index (χ0) is 22.0. The van der Waals surface area contributed by atoms with Crippen LogP contribution in [0.15, 0.2) is 54.6 Å². The molecular formula is C24H24ClN3O2S. The van der Waals surface area contributed by atoms with E-state index in [9.17, 15) is 4.79 Å². The molecule has 0 spiro atoms. The van der Waals surface area contributed by atoms with E-state index in [0.29, 0.717) is 29.7 Å². The summed E-state index contributed by atoms with van der Waals surface area (Å²) in [6.45, 7) is 5.67. The minimum atomic E-state index is -0.0343. The monoisotopic (exact) mass is 453 g/mol. The van der Waals surface area contributed by atoms with Crippen molar-refractivity contribution in [3.63, 3.8) is 0 Å². The van der Waals surface area contributed by atoms with Crippen LogP contribution in [0.3, 0.4) is 0 Å². The van der Waals surface area contributed by atoms with E-state index < -0.39 is 0 Å². The zero-order valence-electron chi connectivity index (χ0n) is 17.8. The van der Waals surface area contributed by atoms with Gasteiger partial charge in [0.15, 0.2) is 4.47 Å². The lowest BCUT2D eigenvalue weighted by molar-refractivity contribution is 0.0680. The highest BCUT2D eigenvalue weighted by atomic mass is 35.5. The Morgan fingerprint density at radius 1 is 1.16 bits per heavy atom. The van der Waals surface area contributed by atoms with Crippen molar-refractivity contribution in [2.24, 2.45) is 0 Å². The molecule has 0 radical (unpaired) electrons. The highest BCUT2D eigenvalue weighted by Crippen LogP contribution is 2.27. The highest BCUT2D eigenvalue weighted by molar-refractivity contribution is 7.22. The van der Waals surface area contributed by atoms with E-state index in [-0.39, 0.29) is 5.91 Å². The van der Waals surface area contributed by atoms with E-state index in [1.165, 1.54) is 11.3 Å². The first kappa shape index (κ1) is 21.6. The molecule has 0 fully saturated rings. The highest BCUT2D eigenvalue weighted by Gasteiger charge is 2.20. The lowest BCUT2D eigenvalue weighted by Gasteiger charge is -2.23. The van der Waals surface area contributed by atoms with Gasteiger partial charge >= 0.3 is 0 Å². The maximum absolute atomic E-state index is 13.4. The zero-order valence-corrected chi connectivity index (χ0v) is 19.3. The van der Waals surface area contributed by atoms with Crippen molar-refractivity contribution in [2.45, 2.75) is 20.4 Å². The number of carbonyl (C=O) groups excluding carboxylic acids is 1. The minimum Gasteiger partial charge on any atom is -0.383 e. The SMILES string of the molecule is COCCN(Cc1cc(C)n(-c2ccccc2)c1C)C(=O)c1ccc2nc(Cl)sc2c1. The first-order valence-electron chi connectivity index (χ1n) is 10.1. The van der Waals surface area contributed by atoms with Crippen molar-refractivity contribution in [3.05, 3.63) is 81.6 Å². The van der Waals surface area contributed by atoms with E-state index >= 15 is 0 Å². The smallest absolute Gasteiger partial charge is 0.254 e. The molecule has 0 bridgehead atoms. The molecule has 5 nitrogen and oxygen atoms in total. The molecule has 0 N–H and O–H groups in total. The van der Waals surface area contributed by atoms with Crippen LogP contribution in [0.2, 0.25) is 4.47 Å². The van der Waals surface area contributed by atoms with Crippen LogP contribution in [0.4, 0.5) is 0 Å². The molecule has 31 heavy (non-hydrogen) atoms. The summed E-state index contributed by atoms with van der Waals surface area (Å²) in [5.41, 5.74) is 5.93. The maximum atomic E-state index is 13.4.